The molecule has 1 atom stereocenters. The van der Waals surface area contributed by atoms with Crippen molar-refractivity contribution < 1.29 is 10.2 Å². The van der Waals surface area contributed by atoms with Gasteiger partial charge in [-0.2, -0.15) is 0 Å². The van der Waals surface area contributed by atoms with Gasteiger partial charge in [-0.3, -0.25) is 4.90 Å². The molecule has 0 spiro atoms. The number of hydrogen-bond acceptors (Lipinski definition) is 4. The molecule has 1 heterocycles. The van der Waals surface area contributed by atoms with Crippen LogP contribution in [-0.2, 0) is 6.54 Å². The zero-order valence-electron chi connectivity index (χ0n) is 11.5. The van der Waals surface area contributed by atoms with Gasteiger partial charge in [0, 0.05) is 18.0 Å². The van der Waals surface area contributed by atoms with Crippen molar-refractivity contribution in [1.29, 1.82) is 0 Å². The standard InChI is InChI=1S/C15H23NO2S/c1-19-14-6-3-2-5-13(14)11-16-9-4-7-15(18,12-17)8-10-16/h2-3,5-6,17-18H,4,7-12H2,1H3/t15-/m1/s1. The second kappa shape index (κ2) is 6.75. The predicted molar refractivity (Wildman–Crippen MR) is 79.4 cm³/mol. The molecule has 1 saturated heterocycles. The van der Waals surface area contributed by atoms with E-state index in [1.165, 1.54) is 10.5 Å². The molecule has 1 aliphatic heterocycles. The average Bonchev–Trinajstić information content (AvgIpc) is 2.63. The molecule has 0 unspecified atom stereocenters. The topological polar surface area (TPSA) is 43.7 Å². The third-order valence-corrected chi connectivity index (χ3v) is 4.73. The Morgan fingerprint density at radius 2 is 2.05 bits per heavy atom. The van der Waals surface area contributed by atoms with Gasteiger partial charge in [-0.05, 0) is 43.7 Å². The van der Waals surface area contributed by atoms with Gasteiger partial charge in [0.05, 0.1) is 12.2 Å². The van der Waals surface area contributed by atoms with Crippen LogP contribution in [0.1, 0.15) is 24.8 Å². The average molecular weight is 281 g/mol. The lowest BCUT2D eigenvalue weighted by Crippen LogP contribution is -2.34. The molecule has 106 valence electrons. The predicted octanol–water partition coefficient (Wildman–Crippen LogP) is 2.12. The van der Waals surface area contributed by atoms with Crippen molar-refractivity contribution in [1.82, 2.24) is 4.90 Å². The first-order valence-electron chi connectivity index (χ1n) is 6.84. The van der Waals surface area contributed by atoms with Crippen LogP contribution in [0, 0.1) is 0 Å². The lowest BCUT2D eigenvalue weighted by molar-refractivity contribution is -0.0255. The maximum atomic E-state index is 10.2. The fourth-order valence-electron chi connectivity index (χ4n) is 2.63. The van der Waals surface area contributed by atoms with Crippen molar-refractivity contribution >= 4 is 11.8 Å². The van der Waals surface area contributed by atoms with Crippen LogP contribution in [-0.4, -0.2) is 46.7 Å². The molecule has 1 fully saturated rings. The summed E-state index contributed by atoms with van der Waals surface area (Å²) in [6, 6.07) is 8.48. The molecule has 0 amide bonds. The van der Waals surface area contributed by atoms with Crippen molar-refractivity contribution in [3.05, 3.63) is 29.8 Å². The zero-order valence-corrected chi connectivity index (χ0v) is 12.3. The minimum atomic E-state index is -0.867. The smallest absolute Gasteiger partial charge is 0.0890 e. The Morgan fingerprint density at radius 1 is 1.26 bits per heavy atom. The van der Waals surface area contributed by atoms with Gasteiger partial charge in [-0.1, -0.05) is 18.2 Å². The molecule has 0 aliphatic carbocycles. The Hall–Kier alpha value is -0.550. The van der Waals surface area contributed by atoms with E-state index in [0.717, 1.165) is 26.1 Å². The summed E-state index contributed by atoms with van der Waals surface area (Å²) in [5, 5.41) is 19.4. The highest BCUT2D eigenvalue weighted by Crippen LogP contribution is 2.25. The van der Waals surface area contributed by atoms with Crippen molar-refractivity contribution in [2.24, 2.45) is 0 Å². The highest BCUT2D eigenvalue weighted by Gasteiger charge is 2.29. The van der Waals surface area contributed by atoms with Crippen LogP contribution in [0.3, 0.4) is 0 Å². The van der Waals surface area contributed by atoms with Crippen LogP contribution in [0.5, 0.6) is 0 Å². The van der Waals surface area contributed by atoms with Crippen LogP contribution in [0.25, 0.3) is 0 Å². The molecule has 1 aromatic carbocycles. The van der Waals surface area contributed by atoms with Crippen LogP contribution in [0.2, 0.25) is 0 Å². The van der Waals surface area contributed by atoms with Gasteiger partial charge in [0.15, 0.2) is 0 Å². The molecule has 0 aromatic heterocycles. The summed E-state index contributed by atoms with van der Waals surface area (Å²) in [6.07, 6.45) is 4.40. The molecule has 1 aromatic rings. The van der Waals surface area contributed by atoms with Crippen molar-refractivity contribution in [2.45, 2.75) is 36.3 Å². The highest BCUT2D eigenvalue weighted by molar-refractivity contribution is 7.98. The summed E-state index contributed by atoms with van der Waals surface area (Å²) in [5.41, 5.74) is 0.484. The molecule has 4 heteroatoms. The molecule has 0 bridgehead atoms. The van der Waals surface area contributed by atoms with Crippen molar-refractivity contribution in [3.8, 4) is 0 Å². The van der Waals surface area contributed by atoms with Crippen LogP contribution in [0.15, 0.2) is 29.2 Å². The Balaban J connectivity index is 2.00. The second-order valence-electron chi connectivity index (χ2n) is 5.32. The number of hydrogen-bond donors (Lipinski definition) is 2. The fourth-order valence-corrected chi connectivity index (χ4v) is 3.23. The second-order valence-corrected chi connectivity index (χ2v) is 6.17. The number of nitrogens with zero attached hydrogens (tertiary/aromatic N) is 1. The van der Waals surface area contributed by atoms with E-state index in [9.17, 15) is 10.2 Å². The monoisotopic (exact) mass is 281 g/mol. The van der Waals surface area contributed by atoms with Gasteiger partial charge in [0.2, 0.25) is 0 Å². The van der Waals surface area contributed by atoms with E-state index in [1.807, 2.05) is 0 Å². The van der Waals surface area contributed by atoms with E-state index in [2.05, 4.69) is 35.4 Å². The summed E-state index contributed by atoms with van der Waals surface area (Å²) in [4.78, 5) is 3.70. The first-order chi connectivity index (χ1) is 9.17. The van der Waals surface area contributed by atoms with Crippen molar-refractivity contribution in [3.63, 3.8) is 0 Å². The summed E-state index contributed by atoms with van der Waals surface area (Å²) in [7, 11) is 0. The third-order valence-electron chi connectivity index (χ3n) is 3.89. The van der Waals surface area contributed by atoms with Gasteiger partial charge in [0.25, 0.3) is 0 Å². The lowest BCUT2D eigenvalue weighted by Gasteiger charge is -2.24. The lowest BCUT2D eigenvalue weighted by atomic mass is 9.96. The summed E-state index contributed by atoms with van der Waals surface area (Å²) >= 11 is 1.78. The molecular formula is C15H23NO2S. The van der Waals surface area contributed by atoms with Crippen LogP contribution < -0.4 is 0 Å². The van der Waals surface area contributed by atoms with Crippen LogP contribution >= 0.6 is 11.8 Å². The molecule has 19 heavy (non-hydrogen) atoms. The van der Waals surface area contributed by atoms with Gasteiger partial charge in [0.1, 0.15) is 0 Å². The van der Waals surface area contributed by atoms with E-state index in [0.29, 0.717) is 12.8 Å². The Bertz CT molecular complexity index is 413. The van der Waals surface area contributed by atoms with Gasteiger partial charge < -0.3 is 10.2 Å². The molecular weight excluding hydrogens is 258 g/mol. The van der Waals surface area contributed by atoms with E-state index >= 15 is 0 Å². The third kappa shape index (κ3) is 3.96. The van der Waals surface area contributed by atoms with Crippen molar-refractivity contribution in [2.75, 3.05) is 26.0 Å². The van der Waals surface area contributed by atoms with Gasteiger partial charge in [-0.25, -0.2) is 0 Å². The summed E-state index contributed by atoms with van der Waals surface area (Å²) in [5.74, 6) is 0. The molecule has 3 nitrogen and oxygen atoms in total. The Kier molecular flexibility index (Phi) is 5.28. The summed E-state index contributed by atoms with van der Waals surface area (Å²) < 4.78 is 0. The maximum Gasteiger partial charge on any atom is 0.0890 e. The number of aliphatic hydroxyl groups excluding tert-OH is 1. The molecule has 2 N–H and O–H groups in total. The molecule has 0 saturated carbocycles. The van der Waals surface area contributed by atoms with E-state index in [-0.39, 0.29) is 6.61 Å². The summed E-state index contributed by atoms with van der Waals surface area (Å²) in [6.45, 7) is 2.64. The largest absolute Gasteiger partial charge is 0.393 e. The number of benzene rings is 1. The molecule has 0 radical (unpaired) electrons. The Labute approximate surface area is 119 Å². The maximum absolute atomic E-state index is 10.2. The first-order valence-corrected chi connectivity index (χ1v) is 8.07. The number of aliphatic hydroxyl groups is 2. The Morgan fingerprint density at radius 3 is 2.79 bits per heavy atom. The minimum absolute atomic E-state index is 0.123. The first kappa shape index (κ1) is 14.9. The van der Waals surface area contributed by atoms with E-state index < -0.39 is 5.60 Å². The fraction of sp³-hybridized carbons (Fsp3) is 0.600. The zero-order chi connectivity index (χ0) is 13.7. The van der Waals surface area contributed by atoms with Gasteiger partial charge >= 0.3 is 0 Å². The van der Waals surface area contributed by atoms with E-state index in [1.54, 1.807) is 11.8 Å². The molecule has 2 rings (SSSR count). The quantitative estimate of drug-likeness (QED) is 0.830. The highest BCUT2D eigenvalue weighted by atomic mass is 32.2. The normalized spacial score (nSPS) is 25.2. The minimum Gasteiger partial charge on any atom is -0.393 e. The van der Waals surface area contributed by atoms with E-state index in [4.69, 9.17) is 0 Å². The molecule has 1 aliphatic rings. The van der Waals surface area contributed by atoms with Crippen LogP contribution in [0.4, 0.5) is 0 Å². The number of rotatable bonds is 4. The number of thioether (sulfide) groups is 1. The number of likely N-dealkylation sites (tertiary alicyclic amines) is 1. The van der Waals surface area contributed by atoms with Gasteiger partial charge in [-0.15, -0.1) is 11.8 Å². The SMILES string of the molecule is CSc1ccccc1CN1CCC[C@](O)(CO)CC1.